The van der Waals surface area contributed by atoms with Gasteiger partial charge in [0, 0.05) is 24.1 Å². The number of nitro benzene ring substituents is 1. The van der Waals surface area contributed by atoms with E-state index in [1.165, 1.54) is 28.8 Å². The number of halogens is 1. The highest BCUT2D eigenvalue weighted by Gasteiger charge is 2.16. The van der Waals surface area contributed by atoms with Crippen LogP contribution in [0.3, 0.4) is 0 Å². The number of amides is 1. The van der Waals surface area contributed by atoms with E-state index in [0.717, 1.165) is 6.07 Å². The Labute approximate surface area is 156 Å². The number of esters is 1. The summed E-state index contributed by atoms with van der Waals surface area (Å²) in [6.07, 6.45) is 1.65. The molecule has 2 aromatic rings. The minimum atomic E-state index is -0.752. The minimum Gasteiger partial charge on any atom is -0.451 e. The predicted molar refractivity (Wildman–Crippen MR) is 97.8 cm³/mol. The third kappa shape index (κ3) is 5.26. The van der Waals surface area contributed by atoms with Gasteiger partial charge in [0.25, 0.3) is 11.6 Å². The number of hydrogen-bond donors (Lipinski definition) is 2. The summed E-state index contributed by atoms with van der Waals surface area (Å²) in [7, 11) is 0. The zero-order chi connectivity index (χ0) is 19.1. The lowest BCUT2D eigenvalue weighted by Crippen LogP contribution is -2.21. The molecular formula is C15H13ClN4O5S. The number of nitro groups is 1. The van der Waals surface area contributed by atoms with Gasteiger partial charge in [-0.3, -0.25) is 14.9 Å². The Hall–Kier alpha value is -2.98. The van der Waals surface area contributed by atoms with E-state index >= 15 is 0 Å². The van der Waals surface area contributed by atoms with E-state index < -0.39 is 23.4 Å². The van der Waals surface area contributed by atoms with E-state index in [0.29, 0.717) is 11.7 Å². The molecule has 9 nitrogen and oxygen atoms in total. The van der Waals surface area contributed by atoms with Gasteiger partial charge in [-0.1, -0.05) is 17.7 Å². The second-order valence-electron chi connectivity index (χ2n) is 4.75. The molecule has 0 aliphatic rings. The van der Waals surface area contributed by atoms with Gasteiger partial charge in [0.1, 0.15) is 0 Å². The Morgan fingerprint density at radius 1 is 1.46 bits per heavy atom. The van der Waals surface area contributed by atoms with Crippen molar-refractivity contribution in [1.82, 2.24) is 4.98 Å². The summed E-state index contributed by atoms with van der Waals surface area (Å²) in [4.78, 5) is 37.8. The van der Waals surface area contributed by atoms with Crippen LogP contribution < -0.4 is 10.6 Å². The summed E-state index contributed by atoms with van der Waals surface area (Å²) in [5.74, 6) is -1.40. The predicted octanol–water partition coefficient (Wildman–Crippen LogP) is 3.10. The molecule has 11 heteroatoms. The van der Waals surface area contributed by atoms with Crippen molar-refractivity contribution in [2.45, 2.75) is 0 Å². The van der Waals surface area contributed by atoms with Crippen molar-refractivity contribution in [2.24, 2.45) is 0 Å². The first-order valence-electron chi connectivity index (χ1n) is 7.12. The molecule has 0 saturated carbocycles. The number of anilines is 2. The molecule has 26 heavy (non-hydrogen) atoms. The maximum absolute atomic E-state index is 11.9. The van der Waals surface area contributed by atoms with E-state index in [1.54, 1.807) is 6.08 Å². The summed E-state index contributed by atoms with van der Waals surface area (Å²) in [5, 5.41) is 18.0. The van der Waals surface area contributed by atoms with Crippen LogP contribution in [-0.2, 0) is 9.53 Å². The highest BCUT2D eigenvalue weighted by molar-refractivity contribution is 7.13. The molecule has 1 aromatic heterocycles. The molecule has 0 atom stereocenters. The number of aromatic nitrogens is 1. The number of thiazole rings is 1. The molecule has 0 aliphatic heterocycles. The second-order valence-corrected chi connectivity index (χ2v) is 6.02. The molecular weight excluding hydrogens is 384 g/mol. The van der Waals surface area contributed by atoms with E-state index in [4.69, 9.17) is 16.3 Å². The largest absolute Gasteiger partial charge is 0.451 e. The zero-order valence-corrected chi connectivity index (χ0v) is 14.8. The van der Waals surface area contributed by atoms with Crippen molar-refractivity contribution < 1.29 is 19.2 Å². The van der Waals surface area contributed by atoms with Gasteiger partial charge < -0.3 is 15.4 Å². The smallest absolute Gasteiger partial charge is 0.358 e. The number of benzene rings is 1. The fraction of sp³-hybridized carbons (Fsp3) is 0.133. The molecule has 0 spiro atoms. The molecule has 1 heterocycles. The number of ether oxygens (including phenoxy) is 1. The van der Waals surface area contributed by atoms with Crippen LogP contribution in [0.2, 0.25) is 5.02 Å². The quantitative estimate of drug-likeness (QED) is 0.304. The van der Waals surface area contributed by atoms with E-state index in [-0.39, 0.29) is 22.1 Å². The van der Waals surface area contributed by atoms with Gasteiger partial charge in [0.15, 0.2) is 17.4 Å². The van der Waals surface area contributed by atoms with Crippen molar-refractivity contribution in [1.29, 1.82) is 0 Å². The molecule has 0 bridgehead atoms. The monoisotopic (exact) mass is 396 g/mol. The van der Waals surface area contributed by atoms with Gasteiger partial charge in [0.2, 0.25) is 0 Å². The van der Waals surface area contributed by atoms with E-state index in [2.05, 4.69) is 22.2 Å². The highest BCUT2D eigenvalue weighted by atomic mass is 35.5. The normalized spacial score (nSPS) is 10.0. The lowest BCUT2D eigenvalue weighted by Gasteiger charge is -2.07. The first-order valence-corrected chi connectivity index (χ1v) is 8.37. The number of rotatable bonds is 8. The number of nitrogens with zero attached hydrogens (tertiary/aromatic N) is 2. The van der Waals surface area contributed by atoms with Gasteiger partial charge >= 0.3 is 5.97 Å². The molecule has 2 rings (SSSR count). The lowest BCUT2D eigenvalue weighted by atomic mass is 10.3. The third-order valence-electron chi connectivity index (χ3n) is 2.88. The summed E-state index contributed by atoms with van der Waals surface area (Å²) >= 11 is 7.09. The van der Waals surface area contributed by atoms with Crippen LogP contribution >= 0.6 is 22.9 Å². The lowest BCUT2D eigenvalue weighted by molar-refractivity contribution is -0.384. The van der Waals surface area contributed by atoms with Crippen LogP contribution in [0, 0.1) is 10.1 Å². The Morgan fingerprint density at radius 3 is 2.88 bits per heavy atom. The molecule has 0 saturated heterocycles. The Balaban J connectivity index is 1.88. The van der Waals surface area contributed by atoms with Crippen LogP contribution in [0.4, 0.5) is 16.5 Å². The van der Waals surface area contributed by atoms with Gasteiger partial charge in [-0.25, -0.2) is 9.78 Å². The van der Waals surface area contributed by atoms with Crippen molar-refractivity contribution in [3.8, 4) is 0 Å². The molecule has 1 amide bonds. The topological polar surface area (TPSA) is 123 Å². The molecule has 0 radical (unpaired) electrons. The Morgan fingerprint density at radius 2 is 2.23 bits per heavy atom. The molecule has 0 fully saturated rings. The maximum atomic E-state index is 11.9. The fourth-order valence-corrected chi connectivity index (χ4v) is 2.63. The van der Waals surface area contributed by atoms with Crippen molar-refractivity contribution in [2.75, 3.05) is 23.8 Å². The summed E-state index contributed by atoms with van der Waals surface area (Å²) in [5.41, 5.74) is 0.0365. The maximum Gasteiger partial charge on any atom is 0.358 e. The summed E-state index contributed by atoms with van der Waals surface area (Å²) < 4.78 is 4.88. The summed E-state index contributed by atoms with van der Waals surface area (Å²) in [6, 6.07) is 3.59. The van der Waals surface area contributed by atoms with Crippen LogP contribution in [0.1, 0.15) is 10.5 Å². The van der Waals surface area contributed by atoms with Crippen molar-refractivity contribution in [3.05, 3.63) is 57.1 Å². The van der Waals surface area contributed by atoms with E-state index in [1.807, 2.05) is 0 Å². The number of hydrogen-bond acceptors (Lipinski definition) is 8. The number of non-ortho nitro benzene ring substituents is 1. The van der Waals surface area contributed by atoms with Crippen LogP contribution in [-0.4, -0.2) is 34.9 Å². The number of nitrogens with one attached hydrogen (secondary N) is 2. The van der Waals surface area contributed by atoms with Crippen molar-refractivity contribution in [3.63, 3.8) is 0 Å². The van der Waals surface area contributed by atoms with Crippen LogP contribution in [0.5, 0.6) is 0 Å². The number of carbonyl (C=O) groups excluding carboxylic acids is 2. The fourth-order valence-electron chi connectivity index (χ4n) is 1.72. The number of carbonyl (C=O) groups is 2. The standard InChI is InChI=1S/C15H13ClN4O5S/c1-2-5-17-15-19-12(8-26-15)14(22)25-7-13(21)18-11-4-3-9(20(23)24)6-10(11)16/h2-4,6,8H,1,5,7H2,(H,17,19)(H,18,21). The van der Waals surface area contributed by atoms with Crippen LogP contribution in [0.25, 0.3) is 0 Å². The third-order valence-corrected chi connectivity index (χ3v) is 4.00. The molecule has 0 aliphatic carbocycles. The SMILES string of the molecule is C=CCNc1nc(C(=O)OCC(=O)Nc2ccc([N+](=O)[O-])cc2Cl)cs1. The van der Waals surface area contributed by atoms with Gasteiger partial charge in [-0.05, 0) is 6.07 Å². The van der Waals surface area contributed by atoms with E-state index in [9.17, 15) is 19.7 Å². The van der Waals surface area contributed by atoms with Gasteiger partial charge in [0.05, 0.1) is 15.6 Å². The molecule has 1 aromatic carbocycles. The average molecular weight is 397 g/mol. The highest BCUT2D eigenvalue weighted by Crippen LogP contribution is 2.26. The minimum absolute atomic E-state index is 0.00341. The summed E-state index contributed by atoms with van der Waals surface area (Å²) in [6.45, 7) is 3.50. The molecule has 0 unspecified atom stereocenters. The zero-order valence-electron chi connectivity index (χ0n) is 13.2. The Kier molecular flexibility index (Phi) is 6.64. The van der Waals surface area contributed by atoms with Crippen molar-refractivity contribution >= 4 is 51.3 Å². The Bertz CT molecular complexity index is 854. The first kappa shape index (κ1) is 19.3. The average Bonchev–Trinajstić information content (AvgIpc) is 3.08. The van der Waals surface area contributed by atoms with Gasteiger partial charge in [-0.15, -0.1) is 17.9 Å². The van der Waals surface area contributed by atoms with Gasteiger partial charge in [-0.2, -0.15) is 0 Å². The second kappa shape index (κ2) is 8.92. The molecule has 2 N–H and O–H groups in total. The molecule has 136 valence electrons. The van der Waals surface area contributed by atoms with Crippen LogP contribution in [0.15, 0.2) is 36.2 Å². The first-order chi connectivity index (χ1) is 12.4.